The summed E-state index contributed by atoms with van der Waals surface area (Å²) in [6, 6.07) is 7.76. The molecular formula is C11H11BrO3. The Kier molecular flexibility index (Phi) is 4.49. The quantitative estimate of drug-likeness (QED) is 0.837. The number of carboxylic acid groups (broad SMARTS) is 1. The molecule has 1 aromatic rings. The monoisotopic (exact) mass is 270 g/mol. The summed E-state index contributed by atoms with van der Waals surface area (Å²) in [5.41, 5.74) is 1.10. The van der Waals surface area contributed by atoms with Crippen molar-refractivity contribution >= 4 is 27.7 Å². The van der Waals surface area contributed by atoms with E-state index in [4.69, 9.17) is 5.11 Å². The summed E-state index contributed by atoms with van der Waals surface area (Å²) in [5, 5.41) is 8.37. The van der Waals surface area contributed by atoms with Crippen LogP contribution in [-0.2, 0) is 16.0 Å². The second-order valence-electron chi connectivity index (χ2n) is 3.21. The molecule has 1 rings (SSSR count). The first-order valence-electron chi connectivity index (χ1n) is 4.60. The van der Waals surface area contributed by atoms with Crippen molar-refractivity contribution in [2.45, 2.75) is 19.3 Å². The maximum atomic E-state index is 10.8. The summed E-state index contributed by atoms with van der Waals surface area (Å²) < 4.78 is 0.990. The van der Waals surface area contributed by atoms with Crippen molar-refractivity contribution in [1.82, 2.24) is 0 Å². The van der Waals surface area contributed by atoms with Gasteiger partial charge in [0.1, 0.15) is 0 Å². The zero-order chi connectivity index (χ0) is 11.3. The third kappa shape index (κ3) is 4.25. The van der Waals surface area contributed by atoms with Gasteiger partial charge in [0.05, 0.1) is 0 Å². The first-order valence-corrected chi connectivity index (χ1v) is 5.39. The fraction of sp³-hybridized carbons (Fsp3) is 0.273. The predicted molar refractivity (Wildman–Crippen MR) is 59.7 cm³/mol. The number of aryl methyl sites for hydroxylation is 1. The molecule has 3 nitrogen and oxygen atoms in total. The fourth-order valence-corrected chi connectivity index (χ4v) is 1.70. The lowest BCUT2D eigenvalue weighted by Crippen LogP contribution is -2.12. The highest BCUT2D eigenvalue weighted by molar-refractivity contribution is 9.10. The summed E-state index contributed by atoms with van der Waals surface area (Å²) in [7, 11) is 0. The van der Waals surface area contributed by atoms with E-state index < -0.39 is 11.8 Å². The number of carbonyl (C=O) groups is 2. The van der Waals surface area contributed by atoms with Crippen molar-refractivity contribution in [1.29, 1.82) is 0 Å². The molecule has 0 aliphatic rings. The smallest absolute Gasteiger partial charge is 0.372 e. The van der Waals surface area contributed by atoms with Crippen molar-refractivity contribution < 1.29 is 14.7 Å². The van der Waals surface area contributed by atoms with Crippen molar-refractivity contribution in [3.63, 3.8) is 0 Å². The zero-order valence-corrected chi connectivity index (χ0v) is 9.66. The van der Waals surface area contributed by atoms with Crippen molar-refractivity contribution in [3.8, 4) is 0 Å². The number of hydrogen-bond acceptors (Lipinski definition) is 2. The Labute approximate surface area is 96.2 Å². The lowest BCUT2D eigenvalue weighted by Gasteiger charge is -2.00. The molecule has 80 valence electrons. The van der Waals surface area contributed by atoms with Gasteiger partial charge in [0, 0.05) is 10.9 Å². The van der Waals surface area contributed by atoms with Crippen LogP contribution in [0.25, 0.3) is 0 Å². The Morgan fingerprint density at radius 1 is 1.33 bits per heavy atom. The minimum absolute atomic E-state index is 0.0991. The molecule has 0 aliphatic carbocycles. The largest absolute Gasteiger partial charge is 0.476 e. The first kappa shape index (κ1) is 11.9. The van der Waals surface area contributed by atoms with E-state index in [0.29, 0.717) is 6.42 Å². The lowest BCUT2D eigenvalue weighted by atomic mass is 10.1. The predicted octanol–water partition coefficient (Wildman–Crippen LogP) is 2.43. The van der Waals surface area contributed by atoms with Crippen LogP contribution in [0, 0.1) is 0 Å². The van der Waals surface area contributed by atoms with E-state index in [2.05, 4.69) is 15.9 Å². The SMILES string of the molecule is O=C(O)C(=O)CCCc1cccc(Br)c1. The molecule has 0 amide bonds. The zero-order valence-electron chi connectivity index (χ0n) is 8.07. The highest BCUT2D eigenvalue weighted by Crippen LogP contribution is 2.13. The Morgan fingerprint density at radius 2 is 2.07 bits per heavy atom. The molecule has 0 bridgehead atoms. The Hall–Kier alpha value is -1.16. The number of hydrogen-bond donors (Lipinski definition) is 1. The number of halogens is 1. The minimum atomic E-state index is -1.34. The van der Waals surface area contributed by atoms with Gasteiger partial charge in [0.25, 0.3) is 0 Å². The van der Waals surface area contributed by atoms with Gasteiger partial charge in [-0.15, -0.1) is 0 Å². The molecule has 0 unspecified atom stereocenters. The third-order valence-corrected chi connectivity index (χ3v) is 2.49. The van der Waals surface area contributed by atoms with Crippen molar-refractivity contribution in [2.24, 2.45) is 0 Å². The fourth-order valence-electron chi connectivity index (χ4n) is 1.25. The maximum Gasteiger partial charge on any atom is 0.372 e. The van der Waals surface area contributed by atoms with Gasteiger partial charge in [-0.2, -0.15) is 0 Å². The van der Waals surface area contributed by atoms with Gasteiger partial charge in [-0.05, 0) is 30.5 Å². The molecule has 0 atom stereocenters. The molecule has 0 radical (unpaired) electrons. The number of aliphatic carboxylic acids is 1. The van der Waals surface area contributed by atoms with E-state index in [-0.39, 0.29) is 6.42 Å². The van der Waals surface area contributed by atoms with E-state index >= 15 is 0 Å². The van der Waals surface area contributed by atoms with E-state index in [1.54, 1.807) is 0 Å². The molecule has 4 heteroatoms. The van der Waals surface area contributed by atoms with Crippen LogP contribution in [0.5, 0.6) is 0 Å². The highest BCUT2D eigenvalue weighted by atomic mass is 79.9. The van der Waals surface area contributed by atoms with E-state index in [1.807, 2.05) is 24.3 Å². The van der Waals surface area contributed by atoms with E-state index in [1.165, 1.54) is 0 Å². The molecule has 15 heavy (non-hydrogen) atoms. The highest BCUT2D eigenvalue weighted by Gasteiger charge is 2.10. The minimum Gasteiger partial charge on any atom is -0.476 e. The lowest BCUT2D eigenvalue weighted by molar-refractivity contribution is -0.149. The van der Waals surface area contributed by atoms with Crippen molar-refractivity contribution in [2.75, 3.05) is 0 Å². The molecule has 0 saturated carbocycles. The first-order chi connectivity index (χ1) is 7.09. The van der Waals surface area contributed by atoms with E-state index in [9.17, 15) is 9.59 Å². The van der Waals surface area contributed by atoms with Gasteiger partial charge in [-0.25, -0.2) is 4.79 Å². The van der Waals surface area contributed by atoms with Crippen molar-refractivity contribution in [3.05, 3.63) is 34.3 Å². The number of ketones is 1. The molecule has 1 N–H and O–H groups in total. The number of benzene rings is 1. The molecule has 0 spiro atoms. The molecule has 1 aromatic carbocycles. The number of carboxylic acids is 1. The van der Waals surface area contributed by atoms with Gasteiger partial charge < -0.3 is 5.11 Å². The number of rotatable bonds is 5. The molecule has 0 fully saturated rings. The van der Waals surface area contributed by atoms with Gasteiger partial charge in [-0.1, -0.05) is 28.1 Å². The van der Waals surface area contributed by atoms with Crippen LogP contribution in [-0.4, -0.2) is 16.9 Å². The normalized spacial score (nSPS) is 9.93. The van der Waals surface area contributed by atoms with Gasteiger partial charge >= 0.3 is 5.97 Å². The van der Waals surface area contributed by atoms with Crippen LogP contribution in [0.15, 0.2) is 28.7 Å². The number of carbonyl (C=O) groups excluding carboxylic acids is 1. The molecular weight excluding hydrogens is 260 g/mol. The Balaban J connectivity index is 2.38. The molecule has 0 aliphatic heterocycles. The Bertz CT molecular complexity index is 374. The topological polar surface area (TPSA) is 54.4 Å². The average molecular weight is 271 g/mol. The van der Waals surface area contributed by atoms with Crippen LogP contribution in [0.3, 0.4) is 0 Å². The van der Waals surface area contributed by atoms with Gasteiger partial charge in [0.15, 0.2) is 0 Å². The molecule has 0 saturated heterocycles. The third-order valence-electron chi connectivity index (χ3n) is 2.00. The maximum absolute atomic E-state index is 10.8. The second-order valence-corrected chi connectivity index (χ2v) is 4.13. The Morgan fingerprint density at radius 3 is 2.67 bits per heavy atom. The van der Waals surface area contributed by atoms with Crippen LogP contribution < -0.4 is 0 Å². The second kappa shape index (κ2) is 5.66. The molecule has 0 heterocycles. The number of Topliss-reactive ketones (excluding diaryl/α,β-unsaturated/α-hetero) is 1. The van der Waals surface area contributed by atoms with E-state index in [0.717, 1.165) is 16.5 Å². The van der Waals surface area contributed by atoms with Gasteiger partial charge in [-0.3, -0.25) is 4.79 Å². The van der Waals surface area contributed by atoms with Crippen LogP contribution in [0.4, 0.5) is 0 Å². The molecule has 0 aromatic heterocycles. The van der Waals surface area contributed by atoms with Crippen LogP contribution >= 0.6 is 15.9 Å². The van der Waals surface area contributed by atoms with Crippen LogP contribution in [0.2, 0.25) is 0 Å². The summed E-state index contributed by atoms with van der Waals surface area (Å²) in [4.78, 5) is 21.0. The van der Waals surface area contributed by atoms with Gasteiger partial charge in [0.2, 0.25) is 5.78 Å². The standard InChI is InChI=1S/C11H11BrO3/c12-9-5-1-3-8(7-9)4-2-6-10(13)11(14)15/h1,3,5,7H,2,4,6H2,(H,14,15). The average Bonchev–Trinajstić information content (AvgIpc) is 2.17. The summed E-state index contributed by atoms with van der Waals surface area (Å²) in [5.74, 6) is -2.06. The summed E-state index contributed by atoms with van der Waals surface area (Å²) >= 11 is 3.35. The van der Waals surface area contributed by atoms with Crippen LogP contribution in [0.1, 0.15) is 18.4 Å². The summed E-state index contributed by atoms with van der Waals surface area (Å²) in [6.07, 6.45) is 1.39. The summed E-state index contributed by atoms with van der Waals surface area (Å²) in [6.45, 7) is 0.